The van der Waals surface area contributed by atoms with Crippen molar-refractivity contribution in [2.75, 3.05) is 32.8 Å². The van der Waals surface area contributed by atoms with E-state index in [9.17, 15) is 4.79 Å². The predicted molar refractivity (Wildman–Crippen MR) is 134 cm³/mol. The standard InChI is InChI=1S/C26H33BrN4O2/c1-3-33-29-24(20-6-8-23(27)9-7-20)21-10-15-31(16-11-21)26(2)12-17-30(18-13-26)25(32)22-5-4-14-28-19-22/h4-9,14,19,21H,3,10-13,15-18H2,1-2H3/b29-24+. The molecule has 0 N–H and O–H groups in total. The van der Waals surface area contributed by atoms with Gasteiger partial charge in [-0.3, -0.25) is 14.7 Å². The van der Waals surface area contributed by atoms with Gasteiger partial charge in [-0.1, -0.05) is 33.2 Å². The highest BCUT2D eigenvalue weighted by atomic mass is 79.9. The van der Waals surface area contributed by atoms with Crippen molar-refractivity contribution in [1.29, 1.82) is 0 Å². The molecule has 176 valence electrons. The highest BCUT2D eigenvalue weighted by Crippen LogP contribution is 2.34. The van der Waals surface area contributed by atoms with Gasteiger partial charge in [0.2, 0.25) is 0 Å². The van der Waals surface area contributed by atoms with Crippen LogP contribution in [0.5, 0.6) is 0 Å². The van der Waals surface area contributed by atoms with E-state index in [-0.39, 0.29) is 11.4 Å². The molecule has 7 heteroatoms. The molecule has 2 saturated heterocycles. The summed E-state index contributed by atoms with van der Waals surface area (Å²) in [5, 5.41) is 4.51. The van der Waals surface area contributed by atoms with Gasteiger partial charge >= 0.3 is 0 Å². The molecular weight excluding hydrogens is 480 g/mol. The van der Waals surface area contributed by atoms with Gasteiger partial charge in [0.15, 0.2) is 0 Å². The maximum Gasteiger partial charge on any atom is 0.255 e. The van der Waals surface area contributed by atoms with E-state index >= 15 is 0 Å². The summed E-state index contributed by atoms with van der Waals surface area (Å²) in [5.41, 5.74) is 3.01. The first-order valence-corrected chi connectivity index (χ1v) is 12.7. The van der Waals surface area contributed by atoms with Crippen molar-refractivity contribution in [2.24, 2.45) is 11.1 Å². The number of amides is 1. The number of carbonyl (C=O) groups is 1. The fourth-order valence-corrected chi connectivity index (χ4v) is 5.25. The Morgan fingerprint density at radius 1 is 1.12 bits per heavy atom. The maximum atomic E-state index is 12.8. The Bertz CT molecular complexity index is 948. The van der Waals surface area contributed by atoms with E-state index in [1.165, 1.54) is 0 Å². The fourth-order valence-electron chi connectivity index (χ4n) is 4.99. The van der Waals surface area contributed by atoms with Crippen LogP contribution in [-0.2, 0) is 4.84 Å². The minimum atomic E-state index is 0.0927. The largest absolute Gasteiger partial charge is 0.396 e. The molecule has 0 radical (unpaired) electrons. The van der Waals surface area contributed by atoms with E-state index < -0.39 is 0 Å². The molecule has 2 aliphatic rings. The van der Waals surface area contributed by atoms with Crippen LogP contribution in [0, 0.1) is 5.92 Å². The summed E-state index contributed by atoms with van der Waals surface area (Å²) < 4.78 is 1.07. The number of rotatable bonds is 6. The molecular formula is C26H33BrN4O2. The third-order valence-electron chi connectivity index (χ3n) is 7.11. The molecule has 2 fully saturated rings. The second-order valence-electron chi connectivity index (χ2n) is 9.19. The molecule has 4 rings (SSSR count). The molecule has 0 saturated carbocycles. The van der Waals surface area contributed by atoms with Crippen molar-refractivity contribution < 1.29 is 9.63 Å². The monoisotopic (exact) mass is 512 g/mol. The van der Waals surface area contributed by atoms with Crippen LogP contribution in [-0.4, -0.2) is 64.7 Å². The molecule has 1 aromatic heterocycles. The smallest absolute Gasteiger partial charge is 0.255 e. The van der Waals surface area contributed by atoms with Gasteiger partial charge in [-0.05, 0) is 82.4 Å². The number of pyridine rings is 1. The van der Waals surface area contributed by atoms with Crippen LogP contribution in [0.4, 0.5) is 0 Å². The van der Waals surface area contributed by atoms with E-state index in [0.29, 0.717) is 18.1 Å². The summed E-state index contributed by atoms with van der Waals surface area (Å²) >= 11 is 3.52. The average Bonchev–Trinajstić information content (AvgIpc) is 2.86. The summed E-state index contributed by atoms with van der Waals surface area (Å²) in [5.74, 6) is 0.486. The first-order chi connectivity index (χ1) is 16.0. The topological polar surface area (TPSA) is 58.0 Å². The quantitative estimate of drug-likeness (QED) is 0.404. The fraction of sp³-hybridized carbons (Fsp3) is 0.500. The second-order valence-corrected chi connectivity index (χ2v) is 10.1. The van der Waals surface area contributed by atoms with Crippen molar-refractivity contribution in [2.45, 2.75) is 45.1 Å². The molecule has 0 atom stereocenters. The first kappa shape index (κ1) is 23.9. The normalized spacial score (nSPS) is 20.0. The van der Waals surface area contributed by atoms with Crippen molar-refractivity contribution in [3.63, 3.8) is 0 Å². The van der Waals surface area contributed by atoms with Crippen LogP contribution in [0.3, 0.4) is 0 Å². The van der Waals surface area contributed by atoms with Gasteiger partial charge in [0.25, 0.3) is 5.91 Å². The zero-order valence-corrected chi connectivity index (χ0v) is 21.1. The number of hydrogen-bond donors (Lipinski definition) is 0. The Morgan fingerprint density at radius 2 is 1.82 bits per heavy atom. The highest BCUT2D eigenvalue weighted by Gasteiger charge is 2.39. The zero-order chi connectivity index (χ0) is 23.3. The highest BCUT2D eigenvalue weighted by molar-refractivity contribution is 9.10. The average molecular weight is 513 g/mol. The Morgan fingerprint density at radius 3 is 2.42 bits per heavy atom. The predicted octanol–water partition coefficient (Wildman–Crippen LogP) is 4.99. The number of halogens is 1. The van der Waals surface area contributed by atoms with Gasteiger partial charge in [0, 0.05) is 41.4 Å². The minimum absolute atomic E-state index is 0.0927. The molecule has 1 aromatic carbocycles. The third-order valence-corrected chi connectivity index (χ3v) is 7.64. The lowest BCUT2D eigenvalue weighted by Gasteiger charge is -2.49. The summed E-state index contributed by atoms with van der Waals surface area (Å²) in [4.78, 5) is 27.0. The summed E-state index contributed by atoms with van der Waals surface area (Å²) in [6.07, 6.45) is 7.49. The van der Waals surface area contributed by atoms with E-state index in [1.54, 1.807) is 12.4 Å². The number of benzene rings is 1. The third kappa shape index (κ3) is 5.64. The van der Waals surface area contributed by atoms with E-state index in [1.807, 2.05) is 24.0 Å². The Hall–Kier alpha value is -2.25. The molecule has 33 heavy (non-hydrogen) atoms. The van der Waals surface area contributed by atoms with Gasteiger partial charge in [0.05, 0.1) is 11.3 Å². The van der Waals surface area contributed by atoms with E-state index in [4.69, 9.17) is 4.84 Å². The Balaban J connectivity index is 1.36. The van der Waals surface area contributed by atoms with Crippen LogP contribution in [0.2, 0.25) is 0 Å². The van der Waals surface area contributed by atoms with Gasteiger partial charge in [-0.25, -0.2) is 0 Å². The molecule has 2 aliphatic heterocycles. The summed E-state index contributed by atoms with van der Waals surface area (Å²) in [6.45, 7) is 8.57. The van der Waals surface area contributed by atoms with Gasteiger partial charge in [-0.2, -0.15) is 0 Å². The SMILES string of the molecule is CCO/N=C(\c1ccc(Br)cc1)C1CCN(C2(C)CCN(C(=O)c3cccnc3)CC2)CC1. The summed E-state index contributed by atoms with van der Waals surface area (Å²) in [7, 11) is 0. The number of piperidine rings is 2. The maximum absolute atomic E-state index is 12.8. The molecule has 0 aliphatic carbocycles. The number of aromatic nitrogens is 1. The van der Waals surface area contributed by atoms with Gasteiger partial charge in [-0.15, -0.1) is 0 Å². The van der Waals surface area contributed by atoms with Crippen LogP contribution in [0.25, 0.3) is 0 Å². The van der Waals surface area contributed by atoms with Crippen LogP contribution in [0.15, 0.2) is 58.4 Å². The zero-order valence-electron chi connectivity index (χ0n) is 19.5. The minimum Gasteiger partial charge on any atom is -0.396 e. The van der Waals surface area contributed by atoms with Crippen molar-refractivity contribution in [3.8, 4) is 0 Å². The lowest BCUT2D eigenvalue weighted by molar-refractivity contribution is 0.0161. The van der Waals surface area contributed by atoms with Crippen LogP contribution in [0.1, 0.15) is 55.5 Å². The number of hydrogen-bond acceptors (Lipinski definition) is 5. The molecule has 0 spiro atoms. The summed E-state index contributed by atoms with van der Waals surface area (Å²) in [6, 6.07) is 12.0. The molecule has 0 bridgehead atoms. The van der Waals surface area contributed by atoms with E-state index in [0.717, 1.165) is 67.6 Å². The molecule has 1 amide bonds. The second kappa shape index (κ2) is 10.8. The van der Waals surface area contributed by atoms with Crippen molar-refractivity contribution >= 4 is 27.5 Å². The van der Waals surface area contributed by atoms with E-state index in [2.05, 4.69) is 62.2 Å². The van der Waals surface area contributed by atoms with Crippen LogP contribution < -0.4 is 0 Å². The number of likely N-dealkylation sites (tertiary alicyclic amines) is 2. The molecule has 0 unspecified atom stereocenters. The molecule has 2 aromatic rings. The molecule has 6 nitrogen and oxygen atoms in total. The van der Waals surface area contributed by atoms with Crippen molar-refractivity contribution in [3.05, 3.63) is 64.4 Å². The first-order valence-electron chi connectivity index (χ1n) is 11.9. The Labute approximate surface area is 205 Å². The Kier molecular flexibility index (Phi) is 7.81. The van der Waals surface area contributed by atoms with Gasteiger partial charge in [0.1, 0.15) is 6.61 Å². The number of nitrogens with zero attached hydrogens (tertiary/aromatic N) is 4. The molecule has 3 heterocycles. The van der Waals surface area contributed by atoms with Crippen LogP contribution >= 0.6 is 15.9 Å². The van der Waals surface area contributed by atoms with Crippen molar-refractivity contribution in [1.82, 2.24) is 14.8 Å². The lowest BCUT2D eigenvalue weighted by atomic mass is 9.82. The van der Waals surface area contributed by atoms with Gasteiger partial charge < -0.3 is 9.74 Å². The lowest BCUT2D eigenvalue weighted by Crippen LogP contribution is -2.56. The number of carbonyl (C=O) groups excluding carboxylic acids is 1. The number of oxime groups is 1.